The summed E-state index contributed by atoms with van der Waals surface area (Å²) in [6.45, 7) is 9.76. The van der Waals surface area contributed by atoms with E-state index in [0.29, 0.717) is 5.56 Å². The van der Waals surface area contributed by atoms with Gasteiger partial charge >= 0.3 is 0 Å². The smallest absolute Gasteiger partial charge is 0.173 e. The number of aromatic nitrogens is 1. The number of allylic oxidation sites excluding steroid dienone is 4. The van der Waals surface area contributed by atoms with Crippen molar-refractivity contribution in [2.24, 2.45) is 16.8 Å². The lowest BCUT2D eigenvalue weighted by atomic mass is 10.0. The largest absolute Gasteiger partial charge is 0.383 e. The molecule has 2 rings (SSSR count). The lowest BCUT2D eigenvalue weighted by Crippen LogP contribution is -2.44. The third kappa shape index (κ3) is 11.1. The second kappa shape index (κ2) is 18.0. The number of halogens is 3. The molecule has 37 heavy (non-hydrogen) atoms. The molecule has 1 atom stereocenters. The molecular formula is C27H40ClF2N7. The average Bonchev–Trinajstić information content (AvgIpc) is 2.91. The highest BCUT2D eigenvalue weighted by molar-refractivity contribution is 6.15. The Morgan fingerprint density at radius 3 is 2.27 bits per heavy atom. The Morgan fingerprint density at radius 2 is 1.76 bits per heavy atom. The van der Waals surface area contributed by atoms with Gasteiger partial charge in [-0.15, -0.1) is 11.6 Å². The Balaban J connectivity index is 0.00000308. The molecule has 0 saturated heterocycles. The van der Waals surface area contributed by atoms with Gasteiger partial charge in [-0.25, -0.2) is 19.6 Å². The van der Waals surface area contributed by atoms with E-state index in [1.807, 2.05) is 52.2 Å². The standard InChI is InChI=1S/C24H31F2N7.C2H6.CH3Cl/c1-5-20(25)10-11-21(26)12-16(2)33(29)24(31-28)22-13-19(14-30-23(22)27)18-8-6-17(7-9-18)15-32(3)4;2*1-2/h5-10,12-14,16H,1,11,15,28-29H2,2-4H3,(H2,27,30);1-2H3;1H3/b20-10+,21-12+,31-24-;;. The van der Waals surface area contributed by atoms with Crippen LogP contribution in [0, 0.1) is 0 Å². The first-order valence-electron chi connectivity index (χ1n) is 11.7. The van der Waals surface area contributed by atoms with Crippen LogP contribution in [0.4, 0.5) is 14.6 Å². The van der Waals surface area contributed by atoms with Crippen molar-refractivity contribution < 1.29 is 8.78 Å². The van der Waals surface area contributed by atoms with Gasteiger partial charge in [0.2, 0.25) is 0 Å². The summed E-state index contributed by atoms with van der Waals surface area (Å²) >= 11 is 4.64. The summed E-state index contributed by atoms with van der Waals surface area (Å²) in [6.07, 6.45) is 6.23. The number of hydrogen-bond donors (Lipinski definition) is 3. The zero-order valence-electron chi connectivity index (χ0n) is 22.5. The molecule has 0 spiro atoms. The first kappa shape index (κ1) is 33.7. The second-order valence-corrected chi connectivity index (χ2v) is 7.80. The van der Waals surface area contributed by atoms with Gasteiger partial charge in [-0.2, -0.15) is 5.10 Å². The van der Waals surface area contributed by atoms with Crippen LogP contribution in [-0.2, 0) is 6.54 Å². The highest BCUT2D eigenvalue weighted by Gasteiger charge is 2.20. The number of nitrogens with two attached hydrogens (primary N) is 3. The second-order valence-electron chi connectivity index (χ2n) is 7.80. The van der Waals surface area contributed by atoms with Crippen LogP contribution >= 0.6 is 11.6 Å². The van der Waals surface area contributed by atoms with Crippen LogP contribution < -0.4 is 17.4 Å². The Hall–Kier alpha value is -3.27. The molecule has 0 bridgehead atoms. The lowest BCUT2D eigenvalue weighted by Gasteiger charge is -2.25. The fourth-order valence-corrected chi connectivity index (χ4v) is 3.14. The van der Waals surface area contributed by atoms with Crippen LogP contribution in [0.5, 0.6) is 0 Å². The van der Waals surface area contributed by atoms with Crippen molar-refractivity contribution in [1.82, 2.24) is 14.9 Å². The fraction of sp³-hybridized carbons (Fsp3) is 0.333. The minimum atomic E-state index is -0.652. The van der Waals surface area contributed by atoms with Crippen molar-refractivity contribution >= 4 is 23.3 Å². The number of anilines is 1. The molecule has 10 heteroatoms. The molecule has 0 aliphatic rings. The van der Waals surface area contributed by atoms with E-state index in [1.165, 1.54) is 23.0 Å². The van der Waals surface area contributed by atoms with E-state index in [0.717, 1.165) is 29.8 Å². The van der Waals surface area contributed by atoms with Crippen LogP contribution in [0.15, 0.2) is 78.1 Å². The molecule has 1 heterocycles. The number of hydrazone groups is 1. The van der Waals surface area contributed by atoms with Gasteiger partial charge in [-0.3, -0.25) is 5.01 Å². The predicted molar refractivity (Wildman–Crippen MR) is 154 cm³/mol. The third-order valence-electron chi connectivity index (χ3n) is 4.86. The van der Waals surface area contributed by atoms with E-state index in [-0.39, 0.29) is 18.1 Å². The molecule has 204 valence electrons. The normalized spacial score (nSPS) is 12.7. The first-order chi connectivity index (χ1) is 17.7. The Morgan fingerprint density at radius 1 is 1.16 bits per heavy atom. The first-order valence-corrected chi connectivity index (χ1v) is 12.5. The molecule has 0 saturated carbocycles. The third-order valence-corrected chi connectivity index (χ3v) is 4.86. The quantitative estimate of drug-likeness (QED) is 0.0942. The number of pyridine rings is 1. The maximum absolute atomic E-state index is 14.2. The van der Waals surface area contributed by atoms with Crippen LogP contribution in [-0.4, -0.2) is 47.2 Å². The summed E-state index contributed by atoms with van der Waals surface area (Å²) in [6, 6.07) is 9.19. The monoisotopic (exact) mass is 535 g/mol. The summed E-state index contributed by atoms with van der Waals surface area (Å²) in [5.74, 6) is 10.9. The van der Waals surface area contributed by atoms with Gasteiger partial charge in [0.05, 0.1) is 11.6 Å². The number of hydrogen-bond acceptors (Lipinski definition) is 6. The van der Waals surface area contributed by atoms with Crippen LogP contribution in [0.3, 0.4) is 0 Å². The molecule has 0 aliphatic heterocycles. The van der Waals surface area contributed by atoms with E-state index in [4.69, 9.17) is 17.4 Å². The molecule has 1 aromatic carbocycles. The molecule has 0 fully saturated rings. The number of benzene rings is 1. The van der Waals surface area contributed by atoms with E-state index in [1.54, 1.807) is 19.2 Å². The number of hydrazine groups is 1. The predicted octanol–water partition coefficient (Wildman–Crippen LogP) is 5.74. The molecule has 1 unspecified atom stereocenters. The molecule has 2 aromatic rings. The van der Waals surface area contributed by atoms with E-state index in [9.17, 15) is 8.78 Å². The van der Waals surface area contributed by atoms with Crippen molar-refractivity contribution in [1.29, 1.82) is 0 Å². The fourth-order valence-electron chi connectivity index (χ4n) is 3.14. The number of nitrogen functional groups attached to an aromatic ring is 1. The molecular weight excluding hydrogens is 496 g/mol. The molecule has 1 aromatic heterocycles. The maximum atomic E-state index is 14.2. The van der Waals surface area contributed by atoms with E-state index < -0.39 is 17.7 Å². The van der Waals surface area contributed by atoms with Gasteiger partial charge in [0.1, 0.15) is 17.5 Å². The Labute approximate surface area is 224 Å². The van der Waals surface area contributed by atoms with Gasteiger partial charge < -0.3 is 16.5 Å². The van der Waals surface area contributed by atoms with Crippen molar-refractivity contribution in [2.45, 2.75) is 39.8 Å². The molecule has 0 amide bonds. The highest BCUT2D eigenvalue weighted by atomic mass is 35.5. The topological polar surface area (TPSA) is 110 Å². The molecule has 0 aliphatic carbocycles. The summed E-state index contributed by atoms with van der Waals surface area (Å²) in [4.78, 5) is 6.34. The Bertz CT molecular complexity index is 1050. The van der Waals surface area contributed by atoms with Crippen molar-refractivity contribution in [2.75, 3.05) is 26.2 Å². The SMILES string of the molecule is C=C/C(F)=C\C/C(F)=C\C(C)N(N)/C(=N\N)c1cc(-c2ccc(CN(C)C)cc2)cnc1N.CC.CCl. The summed E-state index contributed by atoms with van der Waals surface area (Å²) in [5.41, 5.74) is 9.39. The van der Waals surface area contributed by atoms with Gasteiger partial charge in [0.15, 0.2) is 5.84 Å². The number of rotatable bonds is 9. The molecule has 0 radical (unpaired) electrons. The van der Waals surface area contributed by atoms with Gasteiger partial charge in [-0.1, -0.05) is 44.7 Å². The lowest BCUT2D eigenvalue weighted by molar-refractivity contribution is 0.386. The summed E-state index contributed by atoms with van der Waals surface area (Å²) in [5, 5.41) is 4.96. The molecule has 6 N–H and O–H groups in total. The highest BCUT2D eigenvalue weighted by Crippen LogP contribution is 2.24. The number of alkyl halides is 1. The van der Waals surface area contributed by atoms with Gasteiger partial charge in [-0.05, 0) is 56.4 Å². The van der Waals surface area contributed by atoms with Crippen LogP contribution in [0.25, 0.3) is 11.1 Å². The zero-order valence-corrected chi connectivity index (χ0v) is 23.3. The minimum Gasteiger partial charge on any atom is -0.383 e. The summed E-state index contributed by atoms with van der Waals surface area (Å²) < 4.78 is 27.3. The van der Waals surface area contributed by atoms with Crippen molar-refractivity contribution in [3.8, 4) is 11.1 Å². The van der Waals surface area contributed by atoms with Crippen molar-refractivity contribution in [3.05, 3.63) is 84.1 Å². The van der Waals surface area contributed by atoms with E-state index in [2.05, 4.69) is 33.2 Å². The van der Waals surface area contributed by atoms with Crippen LogP contribution in [0.1, 0.15) is 38.3 Å². The maximum Gasteiger partial charge on any atom is 0.173 e. The van der Waals surface area contributed by atoms with E-state index >= 15 is 0 Å². The zero-order chi connectivity index (χ0) is 28.5. The van der Waals surface area contributed by atoms with Crippen LogP contribution in [0.2, 0.25) is 0 Å². The Kier molecular flexibility index (Phi) is 16.5. The number of amidine groups is 1. The average molecular weight is 536 g/mol. The minimum absolute atomic E-state index is 0.135. The number of nitrogens with zero attached hydrogens (tertiary/aromatic N) is 4. The van der Waals surface area contributed by atoms with Gasteiger partial charge in [0.25, 0.3) is 0 Å². The van der Waals surface area contributed by atoms with Gasteiger partial charge in [0, 0.05) is 31.1 Å². The molecule has 7 nitrogen and oxygen atoms in total. The van der Waals surface area contributed by atoms with Crippen molar-refractivity contribution in [3.63, 3.8) is 0 Å². The summed E-state index contributed by atoms with van der Waals surface area (Å²) in [7, 11) is 4.02.